The first-order valence-corrected chi connectivity index (χ1v) is 5.52. The molecule has 0 atom stereocenters. The Morgan fingerprint density at radius 2 is 1.50 bits per heavy atom. The summed E-state index contributed by atoms with van der Waals surface area (Å²) in [4.78, 5) is 0. The molecule has 0 N–H and O–H groups in total. The van der Waals surface area contributed by atoms with Crippen molar-refractivity contribution in [1.82, 2.24) is 5.12 Å². The molecular formula is C13H17N3. The largest absolute Gasteiger partial charge is 0.164 e. The molecule has 0 aromatic heterocycles. The van der Waals surface area contributed by atoms with Gasteiger partial charge in [-0.25, -0.2) is 0 Å². The van der Waals surface area contributed by atoms with Crippen molar-refractivity contribution in [3.05, 3.63) is 24.6 Å². The molecule has 0 radical (unpaired) electrons. The van der Waals surface area contributed by atoms with Crippen molar-refractivity contribution in [2.45, 2.75) is 38.6 Å². The van der Waals surface area contributed by atoms with E-state index in [0.717, 1.165) is 18.8 Å². The zero-order valence-corrected chi connectivity index (χ0v) is 9.74. The van der Waals surface area contributed by atoms with Gasteiger partial charge in [0.25, 0.3) is 0 Å². The Kier molecular flexibility index (Phi) is 5.16. The van der Waals surface area contributed by atoms with Gasteiger partial charge in [-0.05, 0) is 44.8 Å². The predicted octanol–water partition coefficient (Wildman–Crippen LogP) is 2.72. The molecule has 3 nitrogen and oxygen atoms in total. The van der Waals surface area contributed by atoms with E-state index in [1.54, 1.807) is 5.12 Å². The van der Waals surface area contributed by atoms with Gasteiger partial charge in [-0.15, -0.1) is 10.2 Å². The van der Waals surface area contributed by atoms with Crippen molar-refractivity contribution in [2.75, 3.05) is 0 Å². The van der Waals surface area contributed by atoms with Gasteiger partial charge < -0.3 is 0 Å². The Bertz CT molecular complexity index is 351. The number of hydrogen-bond acceptors (Lipinski definition) is 3. The lowest BCUT2D eigenvalue weighted by Crippen LogP contribution is -2.30. The first kappa shape index (κ1) is 12.3. The van der Waals surface area contributed by atoms with Crippen LogP contribution < -0.4 is 0 Å². The molecule has 0 bridgehead atoms. The molecule has 3 heteroatoms. The molecule has 0 spiro atoms. The number of hydrazone groups is 2. The zero-order valence-electron chi connectivity index (χ0n) is 9.74. The standard InChI is InChI=1S/C13H17N3/c1-4-10-14-16(15-11-5-2)13-8-6-12(3)7-9-13/h12-13H,1-2,6-9H2,3H3. The first-order valence-electron chi connectivity index (χ1n) is 5.52. The maximum Gasteiger partial charge on any atom is 0.0732 e. The fourth-order valence-corrected chi connectivity index (χ4v) is 1.83. The van der Waals surface area contributed by atoms with E-state index < -0.39 is 0 Å². The van der Waals surface area contributed by atoms with Crippen molar-refractivity contribution >= 4 is 11.7 Å². The lowest BCUT2D eigenvalue weighted by Gasteiger charge is -2.29. The molecule has 0 saturated heterocycles. The van der Waals surface area contributed by atoms with Gasteiger partial charge in [0.2, 0.25) is 0 Å². The van der Waals surface area contributed by atoms with E-state index in [2.05, 4.69) is 53.5 Å². The molecule has 1 aliphatic rings. The molecule has 1 fully saturated rings. The monoisotopic (exact) mass is 215 g/mol. The van der Waals surface area contributed by atoms with Crippen molar-refractivity contribution in [3.63, 3.8) is 0 Å². The van der Waals surface area contributed by atoms with E-state index in [4.69, 9.17) is 0 Å². The third kappa shape index (κ3) is 3.79. The van der Waals surface area contributed by atoms with E-state index in [0.29, 0.717) is 6.04 Å². The normalized spacial score (nSPS) is 23.1. The highest BCUT2D eigenvalue weighted by Crippen LogP contribution is 2.27. The van der Waals surface area contributed by atoms with Gasteiger partial charge in [-0.2, -0.15) is 5.12 Å². The topological polar surface area (TPSA) is 28.0 Å². The Morgan fingerprint density at radius 3 is 1.94 bits per heavy atom. The van der Waals surface area contributed by atoms with Crippen LogP contribution in [0.15, 0.2) is 34.8 Å². The molecular weight excluding hydrogens is 198 g/mol. The molecule has 0 aliphatic heterocycles. The van der Waals surface area contributed by atoms with Crippen LogP contribution in [-0.4, -0.2) is 22.9 Å². The minimum absolute atomic E-state index is 0.317. The highest BCUT2D eigenvalue weighted by atomic mass is 15.7. The van der Waals surface area contributed by atoms with Crippen LogP contribution in [0.1, 0.15) is 32.6 Å². The summed E-state index contributed by atoms with van der Waals surface area (Å²) in [6.45, 7) is 9.13. The first-order chi connectivity index (χ1) is 7.77. The fourth-order valence-electron chi connectivity index (χ4n) is 1.83. The second kappa shape index (κ2) is 6.69. The van der Waals surface area contributed by atoms with Gasteiger partial charge in [0, 0.05) is 0 Å². The lowest BCUT2D eigenvalue weighted by molar-refractivity contribution is 0.152. The molecule has 16 heavy (non-hydrogen) atoms. The van der Waals surface area contributed by atoms with Gasteiger partial charge in [-0.3, -0.25) is 0 Å². The van der Waals surface area contributed by atoms with E-state index in [1.165, 1.54) is 12.8 Å². The van der Waals surface area contributed by atoms with Gasteiger partial charge in [0.1, 0.15) is 0 Å². The molecule has 1 rings (SSSR count). The summed E-state index contributed by atoms with van der Waals surface area (Å²) in [5.41, 5.74) is 4.98. The summed E-state index contributed by atoms with van der Waals surface area (Å²) in [7, 11) is 0. The van der Waals surface area contributed by atoms with Crippen LogP contribution in [-0.2, 0) is 0 Å². The van der Waals surface area contributed by atoms with E-state index >= 15 is 0 Å². The average Bonchev–Trinajstić information content (AvgIpc) is 2.31. The van der Waals surface area contributed by atoms with Crippen LogP contribution in [0, 0.1) is 5.92 Å². The van der Waals surface area contributed by atoms with Gasteiger partial charge in [-0.1, -0.05) is 18.4 Å². The van der Waals surface area contributed by atoms with E-state index in [9.17, 15) is 0 Å². The number of hydrogen-bond donors (Lipinski definition) is 0. The van der Waals surface area contributed by atoms with Crippen LogP contribution >= 0.6 is 0 Å². The summed E-state index contributed by atoms with van der Waals surface area (Å²) in [6, 6.07) is 0.317. The van der Waals surface area contributed by atoms with Crippen LogP contribution in [0.25, 0.3) is 0 Å². The molecule has 0 heterocycles. The summed E-state index contributed by atoms with van der Waals surface area (Å²) >= 11 is 0. The van der Waals surface area contributed by atoms with Gasteiger partial charge >= 0.3 is 0 Å². The SMILES string of the molecule is C=C=C=NN(N=C=C=C)C1CCC(C)CC1. The molecule has 0 amide bonds. The highest BCUT2D eigenvalue weighted by molar-refractivity contribution is 5.50. The maximum absolute atomic E-state index is 4.04. The minimum atomic E-state index is 0.317. The summed E-state index contributed by atoms with van der Waals surface area (Å²) < 4.78 is 0. The average molecular weight is 215 g/mol. The quantitative estimate of drug-likeness (QED) is 0.404. The van der Waals surface area contributed by atoms with Crippen LogP contribution in [0.2, 0.25) is 0 Å². The predicted molar refractivity (Wildman–Crippen MR) is 66.4 cm³/mol. The Labute approximate surface area is 96.8 Å². The second-order valence-corrected chi connectivity index (χ2v) is 4.01. The minimum Gasteiger partial charge on any atom is -0.164 e. The van der Waals surface area contributed by atoms with Crippen molar-refractivity contribution < 1.29 is 0 Å². The van der Waals surface area contributed by atoms with Crippen molar-refractivity contribution in [2.24, 2.45) is 16.1 Å². The fraction of sp³-hybridized carbons (Fsp3) is 0.538. The van der Waals surface area contributed by atoms with Crippen LogP contribution in [0.4, 0.5) is 0 Å². The molecule has 1 aliphatic carbocycles. The smallest absolute Gasteiger partial charge is 0.0732 e. The summed E-state index contributed by atoms with van der Waals surface area (Å²) in [5, 5.41) is 9.70. The summed E-state index contributed by atoms with van der Waals surface area (Å²) in [5.74, 6) is 5.95. The molecule has 0 aromatic rings. The summed E-state index contributed by atoms with van der Waals surface area (Å²) in [6.07, 6.45) is 4.60. The number of rotatable bonds is 3. The van der Waals surface area contributed by atoms with Crippen LogP contribution in [0.5, 0.6) is 0 Å². The molecule has 0 unspecified atom stereocenters. The Hall–Kier alpha value is -1.74. The molecule has 0 aromatic carbocycles. The Balaban J connectivity index is 2.76. The van der Waals surface area contributed by atoms with E-state index in [1.807, 2.05) is 0 Å². The Morgan fingerprint density at radius 1 is 1.00 bits per heavy atom. The lowest BCUT2D eigenvalue weighted by atomic mass is 9.87. The maximum atomic E-state index is 4.04. The van der Waals surface area contributed by atoms with Crippen molar-refractivity contribution in [3.8, 4) is 0 Å². The van der Waals surface area contributed by atoms with Gasteiger partial charge in [0.15, 0.2) is 0 Å². The third-order valence-electron chi connectivity index (χ3n) is 2.78. The number of nitrogens with zero attached hydrogens (tertiary/aromatic N) is 3. The third-order valence-corrected chi connectivity index (χ3v) is 2.78. The van der Waals surface area contributed by atoms with Crippen molar-refractivity contribution in [1.29, 1.82) is 0 Å². The van der Waals surface area contributed by atoms with Gasteiger partial charge in [0.05, 0.1) is 17.8 Å². The van der Waals surface area contributed by atoms with Crippen LogP contribution in [0.3, 0.4) is 0 Å². The van der Waals surface area contributed by atoms with E-state index in [-0.39, 0.29) is 0 Å². The zero-order chi connectivity index (χ0) is 11.8. The molecule has 84 valence electrons. The second-order valence-electron chi connectivity index (χ2n) is 4.01. The highest BCUT2D eigenvalue weighted by Gasteiger charge is 2.23. The molecule has 1 saturated carbocycles.